The Morgan fingerprint density at radius 1 is 1.19 bits per heavy atom. The zero-order valence-corrected chi connectivity index (χ0v) is 14.3. The molecule has 1 amide bonds. The maximum absolute atomic E-state index is 13.5. The Morgan fingerprint density at radius 2 is 1.96 bits per heavy atom. The molecule has 1 aromatic heterocycles. The van der Waals surface area contributed by atoms with Crippen molar-refractivity contribution < 1.29 is 24.5 Å². The van der Waals surface area contributed by atoms with Gasteiger partial charge in [-0.25, -0.2) is 9.82 Å². The summed E-state index contributed by atoms with van der Waals surface area (Å²) in [6, 6.07) is 8.19. The van der Waals surface area contributed by atoms with E-state index < -0.39 is 29.0 Å². The van der Waals surface area contributed by atoms with Crippen LogP contribution in [0.1, 0.15) is 21.6 Å². The molecule has 0 fully saturated rings. The summed E-state index contributed by atoms with van der Waals surface area (Å²) in [5, 5.41) is 32.7. The van der Waals surface area contributed by atoms with Gasteiger partial charge in [-0.15, -0.1) is 0 Å². The molecule has 3 rings (SSSR count). The number of hydrogen-bond acceptors (Lipinski definition) is 6. The smallest absolute Gasteiger partial charge is 0.272 e. The number of phenols is 3. The predicted octanol–water partition coefficient (Wildman–Crippen LogP) is 2.76. The summed E-state index contributed by atoms with van der Waals surface area (Å²) >= 11 is 0. The first-order chi connectivity index (χ1) is 12.9. The van der Waals surface area contributed by atoms with Crippen LogP contribution in [-0.4, -0.2) is 32.4 Å². The number of hydrogen-bond donors (Lipinski definition) is 4. The number of nitrogens with zero attached hydrogens (tertiary/aromatic N) is 2. The molecule has 2 aromatic carbocycles. The Bertz CT molecular complexity index is 1070. The maximum Gasteiger partial charge on any atom is 0.272 e. The molecule has 0 aliphatic heterocycles. The molecule has 0 saturated carbocycles. The molecule has 27 heavy (non-hydrogen) atoms. The highest BCUT2D eigenvalue weighted by Gasteiger charge is 2.13. The van der Waals surface area contributed by atoms with E-state index in [9.17, 15) is 24.5 Å². The van der Waals surface area contributed by atoms with Crippen molar-refractivity contribution in [3.63, 3.8) is 0 Å². The number of rotatable bonds is 4. The van der Waals surface area contributed by atoms with Crippen LogP contribution >= 0.6 is 0 Å². The summed E-state index contributed by atoms with van der Waals surface area (Å²) in [6.45, 7) is 1.73. The summed E-state index contributed by atoms with van der Waals surface area (Å²) in [4.78, 5) is 16.7. The minimum Gasteiger partial charge on any atom is -0.504 e. The largest absolute Gasteiger partial charge is 0.504 e. The summed E-state index contributed by atoms with van der Waals surface area (Å²) in [5.74, 6) is -2.53. The number of aromatic nitrogens is 1. The number of fused-ring (bicyclic) bond motifs is 1. The Kier molecular flexibility index (Phi) is 4.89. The lowest BCUT2D eigenvalue weighted by molar-refractivity contribution is 0.0956. The van der Waals surface area contributed by atoms with E-state index in [4.69, 9.17) is 0 Å². The van der Waals surface area contributed by atoms with Gasteiger partial charge in [0, 0.05) is 29.3 Å². The van der Waals surface area contributed by atoms with Gasteiger partial charge < -0.3 is 15.3 Å². The molecule has 0 atom stereocenters. The molecule has 7 nitrogen and oxygen atoms in total. The number of nitrogens with one attached hydrogen (secondary N) is 1. The van der Waals surface area contributed by atoms with E-state index in [2.05, 4.69) is 15.5 Å². The molecule has 0 radical (unpaired) electrons. The average molecular weight is 369 g/mol. The van der Waals surface area contributed by atoms with Crippen molar-refractivity contribution in [1.82, 2.24) is 10.4 Å². The Hall–Kier alpha value is -3.68. The zero-order chi connectivity index (χ0) is 19.6. The Balaban J connectivity index is 1.77. The molecule has 0 saturated heterocycles. The Morgan fingerprint density at radius 3 is 2.74 bits per heavy atom. The van der Waals surface area contributed by atoms with Crippen LogP contribution in [0.5, 0.6) is 17.2 Å². The van der Waals surface area contributed by atoms with Crippen LogP contribution < -0.4 is 5.43 Å². The number of phenolic OH excluding ortho intramolecular Hbond substituents is 3. The van der Waals surface area contributed by atoms with Crippen LogP contribution in [0.2, 0.25) is 0 Å². The highest BCUT2D eigenvalue weighted by atomic mass is 19.1. The van der Waals surface area contributed by atoms with E-state index in [1.165, 1.54) is 42.6 Å². The molecule has 138 valence electrons. The van der Waals surface area contributed by atoms with E-state index in [0.29, 0.717) is 22.2 Å². The summed E-state index contributed by atoms with van der Waals surface area (Å²) in [7, 11) is 0. The SMILES string of the molecule is Cc1cc(C(=O)N/N=C/Cc2ccc(O)c(O)c2O)c2cc(F)ccc2n1. The van der Waals surface area contributed by atoms with Gasteiger partial charge in [0.15, 0.2) is 11.5 Å². The van der Waals surface area contributed by atoms with Crippen LogP contribution in [0.3, 0.4) is 0 Å². The molecule has 3 aromatic rings. The van der Waals surface area contributed by atoms with Crippen molar-refractivity contribution in [2.45, 2.75) is 13.3 Å². The number of aromatic hydroxyl groups is 3. The van der Waals surface area contributed by atoms with Crippen LogP contribution in [0.4, 0.5) is 4.39 Å². The number of carbonyl (C=O) groups is 1. The second-order valence-electron chi connectivity index (χ2n) is 5.87. The number of halogens is 1. The van der Waals surface area contributed by atoms with Gasteiger partial charge in [0.05, 0.1) is 11.1 Å². The minimum absolute atomic E-state index is 0.102. The van der Waals surface area contributed by atoms with Crippen molar-refractivity contribution in [1.29, 1.82) is 0 Å². The standard InChI is InChI=1S/C19H16FN3O4/c1-10-8-14(13-9-12(20)3-4-15(13)22-10)19(27)23-21-7-6-11-2-5-16(24)18(26)17(11)25/h2-5,7-9,24-26H,6H2,1H3,(H,23,27)/b21-7+. The highest BCUT2D eigenvalue weighted by Crippen LogP contribution is 2.36. The van der Waals surface area contributed by atoms with Gasteiger partial charge in [-0.2, -0.15) is 5.10 Å². The number of hydrazone groups is 1. The van der Waals surface area contributed by atoms with E-state index in [-0.39, 0.29) is 12.0 Å². The van der Waals surface area contributed by atoms with Gasteiger partial charge in [-0.1, -0.05) is 6.07 Å². The second kappa shape index (κ2) is 7.28. The van der Waals surface area contributed by atoms with Crippen LogP contribution in [0.25, 0.3) is 10.9 Å². The van der Waals surface area contributed by atoms with Gasteiger partial charge >= 0.3 is 0 Å². The molecule has 0 unspecified atom stereocenters. The number of amides is 1. The van der Waals surface area contributed by atoms with Gasteiger partial charge in [-0.05, 0) is 37.3 Å². The fourth-order valence-electron chi connectivity index (χ4n) is 2.60. The Labute approximate surface area is 153 Å². The molecule has 0 spiro atoms. The topological polar surface area (TPSA) is 115 Å². The van der Waals surface area contributed by atoms with E-state index in [1.807, 2.05) is 0 Å². The minimum atomic E-state index is -0.620. The fraction of sp³-hybridized carbons (Fsp3) is 0.105. The third-order valence-corrected chi connectivity index (χ3v) is 3.93. The summed E-state index contributed by atoms with van der Waals surface area (Å²) in [6.07, 6.45) is 1.42. The molecular weight excluding hydrogens is 353 g/mol. The van der Waals surface area contributed by atoms with Gasteiger partial charge in [-0.3, -0.25) is 9.78 Å². The third kappa shape index (κ3) is 3.79. The van der Waals surface area contributed by atoms with E-state index in [1.54, 1.807) is 6.92 Å². The highest BCUT2D eigenvalue weighted by molar-refractivity contribution is 6.06. The third-order valence-electron chi connectivity index (χ3n) is 3.93. The molecule has 0 aliphatic rings. The van der Waals surface area contributed by atoms with Crippen molar-refractivity contribution in [2.24, 2.45) is 5.10 Å². The van der Waals surface area contributed by atoms with Crippen LogP contribution in [0.15, 0.2) is 41.5 Å². The molecule has 4 N–H and O–H groups in total. The van der Waals surface area contributed by atoms with E-state index >= 15 is 0 Å². The maximum atomic E-state index is 13.5. The normalized spacial score (nSPS) is 11.2. The van der Waals surface area contributed by atoms with E-state index in [0.717, 1.165) is 0 Å². The first kappa shape index (κ1) is 18.1. The van der Waals surface area contributed by atoms with Gasteiger partial charge in [0.1, 0.15) is 5.82 Å². The van der Waals surface area contributed by atoms with Crippen molar-refractivity contribution in [3.8, 4) is 17.2 Å². The molecule has 8 heteroatoms. The predicted molar refractivity (Wildman–Crippen MR) is 97.5 cm³/mol. The molecule has 0 aliphatic carbocycles. The lowest BCUT2D eigenvalue weighted by Gasteiger charge is -2.07. The van der Waals surface area contributed by atoms with Crippen LogP contribution in [-0.2, 0) is 6.42 Å². The molecule has 0 bridgehead atoms. The lowest BCUT2D eigenvalue weighted by atomic mass is 10.1. The monoisotopic (exact) mass is 369 g/mol. The number of aryl methyl sites for hydroxylation is 1. The average Bonchev–Trinajstić information content (AvgIpc) is 2.64. The number of carbonyl (C=O) groups excluding carboxylic acids is 1. The van der Waals surface area contributed by atoms with Gasteiger partial charge in [0.25, 0.3) is 5.91 Å². The quantitative estimate of drug-likeness (QED) is 0.321. The van der Waals surface area contributed by atoms with Crippen molar-refractivity contribution >= 4 is 23.0 Å². The van der Waals surface area contributed by atoms with Crippen molar-refractivity contribution in [3.05, 3.63) is 59.0 Å². The fourth-order valence-corrected chi connectivity index (χ4v) is 2.60. The summed E-state index contributed by atoms with van der Waals surface area (Å²) < 4.78 is 13.5. The van der Waals surface area contributed by atoms with Crippen molar-refractivity contribution in [2.75, 3.05) is 0 Å². The molecular formula is C19H16FN3O4. The first-order valence-corrected chi connectivity index (χ1v) is 7.98. The van der Waals surface area contributed by atoms with Crippen LogP contribution in [0, 0.1) is 12.7 Å². The molecule has 1 heterocycles. The first-order valence-electron chi connectivity index (χ1n) is 7.98. The van der Waals surface area contributed by atoms with Gasteiger partial charge in [0.2, 0.25) is 5.75 Å². The number of benzene rings is 2. The lowest BCUT2D eigenvalue weighted by Crippen LogP contribution is -2.18. The summed E-state index contributed by atoms with van der Waals surface area (Å²) in [5.41, 5.74) is 3.99. The number of pyridine rings is 1. The zero-order valence-electron chi connectivity index (χ0n) is 14.3. The second-order valence-corrected chi connectivity index (χ2v) is 5.87.